The van der Waals surface area contributed by atoms with Gasteiger partial charge in [-0.05, 0) is 48.6 Å². The van der Waals surface area contributed by atoms with Crippen LogP contribution in [0.3, 0.4) is 0 Å². The maximum atomic E-state index is 9.59. The molecule has 0 unspecified atom stereocenters. The van der Waals surface area contributed by atoms with Crippen LogP contribution < -0.4 is 10.1 Å². The Kier molecular flexibility index (Phi) is 5.31. The second kappa shape index (κ2) is 7.62. The zero-order valence-electron chi connectivity index (χ0n) is 13.2. The lowest BCUT2D eigenvalue weighted by Crippen LogP contribution is -2.42. The molecule has 0 bridgehead atoms. The molecule has 1 aliphatic rings. The van der Waals surface area contributed by atoms with Crippen molar-refractivity contribution in [1.29, 1.82) is 0 Å². The Labute approximate surface area is 138 Å². The summed E-state index contributed by atoms with van der Waals surface area (Å²) in [7, 11) is 0. The van der Waals surface area contributed by atoms with E-state index in [9.17, 15) is 5.11 Å². The SMILES string of the molecule is [CH][C@H]1CNC[C@@H](CO)[C@H]1c1ccc(OCc2ccccc2)cc1. The molecule has 3 heteroatoms. The van der Waals surface area contributed by atoms with Gasteiger partial charge in [0, 0.05) is 19.1 Å². The van der Waals surface area contributed by atoms with Crippen molar-refractivity contribution in [3.8, 4) is 5.75 Å². The van der Waals surface area contributed by atoms with Gasteiger partial charge >= 0.3 is 0 Å². The Morgan fingerprint density at radius 2 is 1.78 bits per heavy atom. The molecule has 23 heavy (non-hydrogen) atoms. The summed E-state index contributed by atoms with van der Waals surface area (Å²) >= 11 is 0. The number of aliphatic hydroxyl groups is 1. The van der Waals surface area contributed by atoms with Crippen molar-refractivity contribution in [3.05, 3.63) is 72.6 Å². The van der Waals surface area contributed by atoms with Gasteiger partial charge in [-0.3, -0.25) is 0 Å². The topological polar surface area (TPSA) is 41.5 Å². The first-order valence-electron chi connectivity index (χ1n) is 8.12. The fraction of sp³-hybridized carbons (Fsp3) is 0.350. The van der Waals surface area contributed by atoms with Crippen LogP contribution in [0.25, 0.3) is 0 Å². The first-order chi connectivity index (χ1) is 11.3. The van der Waals surface area contributed by atoms with E-state index in [-0.39, 0.29) is 24.4 Å². The third-order valence-electron chi connectivity index (χ3n) is 4.50. The van der Waals surface area contributed by atoms with Crippen LogP contribution in [-0.4, -0.2) is 24.8 Å². The first-order valence-corrected chi connectivity index (χ1v) is 8.12. The Morgan fingerprint density at radius 3 is 2.48 bits per heavy atom. The lowest BCUT2D eigenvalue weighted by Gasteiger charge is -2.36. The van der Waals surface area contributed by atoms with Gasteiger partial charge in [0.1, 0.15) is 12.4 Å². The molecule has 0 aromatic heterocycles. The molecule has 2 aromatic rings. The molecular weight excluding hydrogens is 286 g/mol. The van der Waals surface area contributed by atoms with Crippen LogP contribution in [0.15, 0.2) is 54.6 Å². The molecule has 2 N–H and O–H groups in total. The van der Waals surface area contributed by atoms with Gasteiger partial charge in [-0.1, -0.05) is 42.5 Å². The third kappa shape index (κ3) is 3.92. The zero-order valence-corrected chi connectivity index (χ0v) is 13.2. The number of rotatable bonds is 5. The van der Waals surface area contributed by atoms with Gasteiger partial charge in [0.2, 0.25) is 0 Å². The smallest absolute Gasteiger partial charge is 0.119 e. The predicted molar refractivity (Wildman–Crippen MR) is 91.2 cm³/mol. The largest absolute Gasteiger partial charge is 0.489 e. The number of benzene rings is 2. The molecule has 2 radical (unpaired) electrons. The van der Waals surface area contributed by atoms with E-state index in [1.54, 1.807) is 0 Å². The van der Waals surface area contributed by atoms with Gasteiger partial charge in [-0.25, -0.2) is 0 Å². The van der Waals surface area contributed by atoms with E-state index in [0.717, 1.165) is 24.4 Å². The average Bonchev–Trinajstić information content (AvgIpc) is 2.61. The normalized spacial score (nSPS) is 24.3. The van der Waals surface area contributed by atoms with Gasteiger partial charge < -0.3 is 15.2 Å². The van der Waals surface area contributed by atoms with Crippen molar-refractivity contribution in [3.63, 3.8) is 0 Å². The minimum atomic E-state index is 0.0250. The van der Waals surface area contributed by atoms with Crippen LogP contribution in [0.4, 0.5) is 0 Å². The van der Waals surface area contributed by atoms with E-state index in [1.165, 1.54) is 5.56 Å². The Bertz CT molecular complexity index is 597. The molecule has 0 aliphatic carbocycles. The Morgan fingerprint density at radius 1 is 1.04 bits per heavy atom. The lowest BCUT2D eigenvalue weighted by molar-refractivity contribution is 0.159. The van der Waals surface area contributed by atoms with Crippen LogP contribution in [0.2, 0.25) is 0 Å². The van der Waals surface area contributed by atoms with E-state index in [2.05, 4.69) is 17.4 Å². The maximum Gasteiger partial charge on any atom is 0.119 e. The summed E-state index contributed by atoms with van der Waals surface area (Å²) in [6.45, 7) is 8.55. The van der Waals surface area contributed by atoms with Crippen LogP contribution in [0.5, 0.6) is 5.75 Å². The van der Waals surface area contributed by atoms with Gasteiger partial charge in [0.05, 0.1) is 0 Å². The molecule has 2 aromatic carbocycles. The van der Waals surface area contributed by atoms with Crippen molar-refractivity contribution in [2.24, 2.45) is 11.8 Å². The van der Waals surface area contributed by atoms with Crippen molar-refractivity contribution in [2.75, 3.05) is 19.7 Å². The quantitative estimate of drug-likeness (QED) is 0.892. The zero-order chi connectivity index (χ0) is 16.1. The summed E-state index contributed by atoms with van der Waals surface area (Å²) in [5.74, 6) is 1.22. The number of nitrogens with one attached hydrogen (secondary N) is 1. The lowest BCUT2D eigenvalue weighted by atomic mass is 9.75. The Balaban J connectivity index is 1.66. The molecule has 0 saturated carbocycles. The molecule has 1 saturated heterocycles. The van der Waals surface area contributed by atoms with Crippen LogP contribution in [0.1, 0.15) is 17.0 Å². The number of hydrogen-bond donors (Lipinski definition) is 2. The second-order valence-corrected chi connectivity index (χ2v) is 6.13. The average molecular weight is 309 g/mol. The van der Waals surface area contributed by atoms with Crippen molar-refractivity contribution < 1.29 is 9.84 Å². The van der Waals surface area contributed by atoms with Gasteiger partial charge in [-0.15, -0.1) is 0 Å². The molecule has 3 atom stereocenters. The summed E-state index contributed by atoms with van der Waals surface area (Å²) in [5, 5.41) is 12.9. The van der Waals surface area contributed by atoms with Crippen LogP contribution >= 0.6 is 0 Å². The number of ether oxygens (including phenoxy) is 1. The first kappa shape index (κ1) is 16.0. The minimum absolute atomic E-state index is 0.0250. The van der Waals surface area contributed by atoms with E-state index >= 15 is 0 Å². The summed E-state index contributed by atoms with van der Waals surface area (Å²) in [6.07, 6.45) is 0. The highest BCUT2D eigenvalue weighted by molar-refractivity contribution is 5.31. The molecule has 0 amide bonds. The second-order valence-electron chi connectivity index (χ2n) is 6.13. The molecule has 0 spiro atoms. The van der Waals surface area contributed by atoms with E-state index in [4.69, 9.17) is 11.7 Å². The fourth-order valence-electron chi connectivity index (χ4n) is 3.26. The van der Waals surface area contributed by atoms with Crippen molar-refractivity contribution >= 4 is 0 Å². The van der Waals surface area contributed by atoms with E-state index < -0.39 is 0 Å². The van der Waals surface area contributed by atoms with Crippen LogP contribution in [0, 0.1) is 18.8 Å². The van der Waals surface area contributed by atoms with Crippen molar-refractivity contribution in [1.82, 2.24) is 5.32 Å². The predicted octanol–water partition coefficient (Wildman–Crippen LogP) is 2.89. The maximum absolute atomic E-state index is 9.59. The molecule has 1 heterocycles. The standard InChI is InChI=1S/C20H23NO2/c1-15-11-21-12-18(13-22)20(15)17-7-9-19(10-8-17)23-14-16-5-3-2-4-6-16/h1-10,15,18,20-22H,11-14H2/t15-,18-,20+/m0/s1. The third-order valence-corrected chi connectivity index (χ3v) is 4.50. The molecule has 3 nitrogen and oxygen atoms in total. The number of aliphatic hydroxyl groups excluding tert-OH is 1. The van der Waals surface area contributed by atoms with Crippen molar-refractivity contribution in [2.45, 2.75) is 12.5 Å². The molecule has 1 fully saturated rings. The summed E-state index contributed by atoms with van der Waals surface area (Å²) in [6, 6.07) is 18.2. The highest BCUT2D eigenvalue weighted by Gasteiger charge is 2.31. The van der Waals surface area contributed by atoms with Crippen LogP contribution in [-0.2, 0) is 6.61 Å². The van der Waals surface area contributed by atoms with E-state index in [0.29, 0.717) is 6.61 Å². The highest BCUT2D eigenvalue weighted by atomic mass is 16.5. The number of hydrogen-bond acceptors (Lipinski definition) is 3. The van der Waals surface area contributed by atoms with Gasteiger partial charge in [0.15, 0.2) is 0 Å². The molecule has 1 aliphatic heterocycles. The Hall–Kier alpha value is -1.84. The molecule has 3 rings (SSSR count). The van der Waals surface area contributed by atoms with E-state index in [1.807, 2.05) is 42.5 Å². The molecule has 120 valence electrons. The molecular formula is C20H23NO2. The highest BCUT2D eigenvalue weighted by Crippen LogP contribution is 2.34. The monoisotopic (exact) mass is 309 g/mol. The number of piperidine rings is 1. The summed E-state index contributed by atoms with van der Waals surface area (Å²) < 4.78 is 5.82. The summed E-state index contributed by atoms with van der Waals surface area (Å²) in [5.41, 5.74) is 2.32. The minimum Gasteiger partial charge on any atom is -0.489 e. The van der Waals surface area contributed by atoms with Gasteiger partial charge in [-0.2, -0.15) is 0 Å². The fourth-order valence-corrected chi connectivity index (χ4v) is 3.26. The summed E-state index contributed by atoms with van der Waals surface area (Å²) in [4.78, 5) is 0. The van der Waals surface area contributed by atoms with Gasteiger partial charge in [0.25, 0.3) is 0 Å².